The second-order valence-electron chi connectivity index (χ2n) is 7.67. The molecule has 0 saturated carbocycles. The standard InChI is InChI=1S/C23H30N4O/c1-14(2)22-20(19-11-10-17(28-4)13-21(19)26-22)12-16-6-5-7-18(23(24)27-25)15(3)8-9-16/h5-7,9-11,13-15,26H,8,12,25H2,1-4H3,(H2,24,27)/b6-5-,16-9-,18-7+. The highest BCUT2D eigenvalue weighted by Crippen LogP contribution is 2.32. The highest BCUT2D eigenvalue weighted by molar-refractivity contribution is 5.97. The molecule has 1 unspecified atom stereocenters. The number of aromatic amines is 1. The number of nitrogens with zero attached hydrogens (tertiary/aromatic N) is 1. The summed E-state index contributed by atoms with van der Waals surface area (Å²) < 4.78 is 5.38. The minimum Gasteiger partial charge on any atom is -0.497 e. The Morgan fingerprint density at radius 1 is 1.36 bits per heavy atom. The summed E-state index contributed by atoms with van der Waals surface area (Å²) in [5, 5.41) is 4.91. The minimum atomic E-state index is 0.268. The monoisotopic (exact) mass is 378 g/mol. The fourth-order valence-electron chi connectivity index (χ4n) is 3.78. The molecule has 1 aliphatic rings. The Kier molecular flexibility index (Phi) is 5.93. The number of H-pyrrole nitrogens is 1. The highest BCUT2D eigenvalue weighted by Gasteiger charge is 2.17. The molecule has 1 aromatic carbocycles. The third-order valence-electron chi connectivity index (χ3n) is 5.39. The quantitative estimate of drug-likeness (QED) is 0.309. The maximum Gasteiger partial charge on any atom is 0.146 e. The molecule has 5 nitrogen and oxygen atoms in total. The van der Waals surface area contributed by atoms with Crippen molar-refractivity contribution in [1.82, 2.24) is 4.98 Å². The van der Waals surface area contributed by atoms with Crippen LogP contribution in [-0.4, -0.2) is 17.9 Å². The lowest BCUT2D eigenvalue weighted by molar-refractivity contribution is 0.415. The Labute approximate surface area is 166 Å². The molecule has 0 spiro atoms. The first-order valence-corrected chi connectivity index (χ1v) is 9.74. The van der Waals surface area contributed by atoms with Gasteiger partial charge in [0.15, 0.2) is 0 Å². The molecule has 1 aliphatic carbocycles. The molecule has 5 N–H and O–H groups in total. The Morgan fingerprint density at radius 3 is 2.82 bits per heavy atom. The van der Waals surface area contributed by atoms with Crippen molar-refractivity contribution >= 4 is 16.7 Å². The van der Waals surface area contributed by atoms with Crippen molar-refractivity contribution in [3.05, 3.63) is 64.9 Å². The molecule has 3 rings (SSSR count). The molecule has 1 atom stereocenters. The number of benzene rings is 1. The maximum absolute atomic E-state index is 5.93. The third-order valence-corrected chi connectivity index (χ3v) is 5.39. The van der Waals surface area contributed by atoms with E-state index in [4.69, 9.17) is 16.3 Å². The van der Waals surface area contributed by atoms with Crippen molar-refractivity contribution in [3.8, 4) is 5.75 Å². The first-order valence-electron chi connectivity index (χ1n) is 9.74. The van der Waals surface area contributed by atoms with E-state index in [1.165, 1.54) is 22.2 Å². The number of aromatic nitrogens is 1. The number of fused-ring (bicyclic) bond motifs is 1. The van der Waals surface area contributed by atoms with Gasteiger partial charge in [0, 0.05) is 22.7 Å². The third kappa shape index (κ3) is 3.98. The van der Waals surface area contributed by atoms with E-state index in [9.17, 15) is 0 Å². The van der Waals surface area contributed by atoms with E-state index in [0.29, 0.717) is 11.8 Å². The van der Waals surface area contributed by atoms with Gasteiger partial charge in [0.1, 0.15) is 11.6 Å². The smallest absolute Gasteiger partial charge is 0.146 e. The number of hydrazone groups is 1. The fourth-order valence-corrected chi connectivity index (χ4v) is 3.78. The molecule has 0 saturated heterocycles. The summed E-state index contributed by atoms with van der Waals surface area (Å²) in [6.45, 7) is 6.59. The number of hydrogen-bond acceptors (Lipinski definition) is 3. The molecule has 1 aromatic heterocycles. The Balaban J connectivity index is 1.97. The zero-order chi connectivity index (χ0) is 20.3. The van der Waals surface area contributed by atoms with Gasteiger partial charge >= 0.3 is 0 Å². The van der Waals surface area contributed by atoms with Crippen molar-refractivity contribution in [2.45, 2.75) is 39.5 Å². The summed E-state index contributed by atoms with van der Waals surface area (Å²) >= 11 is 0. The van der Waals surface area contributed by atoms with Crippen LogP contribution in [0.5, 0.6) is 5.75 Å². The summed E-state index contributed by atoms with van der Waals surface area (Å²) in [7, 11) is 1.70. The van der Waals surface area contributed by atoms with Crippen LogP contribution in [0.3, 0.4) is 0 Å². The van der Waals surface area contributed by atoms with Gasteiger partial charge in [-0.25, -0.2) is 0 Å². The van der Waals surface area contributed by atoms with Gasteiger partial charge in [-0.05, 0) is 53.5 Å². The fraction of sp³-hybridized carbons (Fsp3) is 0.348. The topological polar surface area (TPSA) is 89.4 Å². The Bertz CT molecular complexity index is 976. The van der Waals surface area contributed by atoms with E-state index in [1.807, 2.05) is 18.2 Å². The van der Waals surface area contributed by atoms with Gasteiger partial charge in [-0.2, -0.15) is 5.10 Å². The first kappa shape index (κ1) is 19.8. The number of nitrogens with two attached hydrogens (primary N) is 2. The summed E-state index contributed by atoms with van der Waals surface area (Å²) in [4.78, 5) is 3.60. The number of hydrogen-bond donors (Lipinski definition) is 3. The number of rotatable bonds is 5. The van der Waals surface area contributed by atoms with Gasteiger partial charge in [0.25, 0.3) is 0 Å². The predicted octanol–water partition coefficient (Wildman–Crippen LogP) is 4.52. The second-order valence-corrected chi connectivity index (χ2v) is 7.67. The van der Waals surface area contributed by atoms with E-state index < -0.39 is 0 Å². The van der Waals surface area contributed by atoms with Crippen LogP contribution in [0.1, 0.15) is 44.4 Å². The highest BCUT2D eigenvalue weighted by atomic mass is 16.5. The lowest BCUT2D eigenvalue weighted by atomic mass is 9.90. The largest absolute Gasteiger partial charge is 0.497 e. The molecule has 5 heteroatoms. The second kappa shape index (κ2) is 8.38. The van der Waals surface area contributed by atoms with Crippen LogP contribution in [0.15, 0.2) is 58.8 Å². The lowest BCUT2D eigenvalue weighted by Crippen LogP contribution is -2.21. The predicted molar refractivity (Wildman–Crippen MR) is 118 cm³/mol. The van der Waals surface area contributed by atoms with Gasteiger partial charge < -0.3 is 21.3 Å². The van der Waals surface area contributed by atoms with Crippen LogP contribution >= 0.6 is 0 Å². The molecule has 0 radical (unpaired) electrons. The van der Waals surface area contributed by atoms with E-state index >= 15 is 0 Å². The summed E-state index contributed by atoms with van der Waals surface area (Å²) in [6, 6.07) is 6.25. The molecular weight excluding hydrogens is 348 g/mol. The van der Waals surface area contributed by atoms with Gasteiger partial charge in [-0.3, -0.25) is 0 Å². The number of nitrogens with one attached hydrogen (secondary N) is 1. The van der Waals surface area contributed by atoms with Crippen molar-refractivity contribution < 1.29 is 4.74 Å². The molecule has 0 fully saturated rings. The first-order chi connectivity index (χ1) is 13.4. The van der Waals surface area contributed by atoms with Gasteiger partial charge in [0.2, 0.25) is 0 Å². The molecular formula is C23H30N4O. The van der Waals surface area contributed by atoms with Gasteiger partial charge in [-0.15, -0.1) is 0 Å². The molecule has 28 heavy (non-hydrogen) atoms. The SMILES string of the molecule is COc1ccc2c(CC3=C/CC(C)C(/C(N)=N/N)=C\C=C/3)c(C(C)C)[nH]c2c1. The minimum absolute atomic E-state index is 0.268. The van der Waals surface area contributed by atoms with Crippen LogP contribution in [0, 0.1) is 5.92 Å². The molecule has 2 aromatic rings. The van der Waals surface area contributed by atoms with E-state index in [1.54, 1.807) is 7.11 Å². The van der Waals surface area contributed by atoms with Crippen LogP contribution < -0.4 is 16.3 Å². The Hall–Kier alpha value is -2.95. The average molecular weight is 379 g/mol. The van der Waals surface area contributed by atoms with E-state index in [-0.39, 0.29) is 5.92 Å². The summed E-state index contributed by atoms with van der Waals surface area (Å²) in [5.74, 6) is 7.31. The van der Waals surface area contributed by atoms with Crippen molar-refractivity contribution in [2.24, 2.45) is 22.6 Å². The van der Waals surface area contributed by atoms with Crippen LogP contribution in [0.25, 0.3) is 10.9 Å². The number of ether oxygens (including phenoxy) is 1. The number of methoxy groups -OCH3 is 1. The van der Waals surface area contributed by atoms with Gasteiger partial charge in [0.05, 0.1) is 7.11 Å². The zero-order valence-corrected chi connectivity index (χ0v) is 17.1. The Morgan fingerprint density at radius 2 is 2.14 bits per heavy atom. The summed E-state index contributed by atoms with van der Waals surface area (Å²) in [6.07, 6.45) is 10.3. The molecule has 1 heterocycles. The average Bonchev–Trinajstić information content (AvgIpc) is 3.04. The van der Waals surface area contributed by atoms with Crippen LogP contribution in [-0.2, 0) is 6.42 Å². The van der Waals surface area contributed by atoms with Crippen molar-refractivity contribution in [2.75, 3.05) is 7.11 Å². The normalized spacial score (nSPS) is 22.9. The molecule has 0 bridgehead atoms. The maximum atomic E-state index is 5.93. The summed E-state index contributed by atoms with van der Waals surface area (Å²) in [5.41, 5.74) is 12.0. The van der Waals surface area contributed by atoms with Crippen LogP contribution in [0.4, 0.5) is 0 Å². The van der Waals surface area contributed by atoms with Gasteiger partial charge in [-0.1, -0.05) is 45.1 Å². The lowest BCUT2D eigenvalue weighted by Gasteiger charge is -2.16. The molecule has 0 amide bonds. The zero-order valence-electron chi connectivity index (χ0n) is 17.1. The van der Waals surface area contributed by atoms with E-state index in [2.05, 4.69) is 55.1 Å². The van der Waals surface area contributed by atoms with Crippen molar-refractivity contribution in [1.29, 1.82) is 0 Å². The van der Waals surface area contributed by atoms with E-state index in [0.717, 1.165) is 29.7 Å². The van der Waals surface area contributed by atoms with Crippen LogP contribution in [0.2, 0.25) is 0 Å². The molecule has 0 aliphatic heterocycles. The number of amidine groups is 1. The van der Waals surface area contributed by atoms with Crippen molar-refractivity contribution in [3.63, 3.8) is 0 Å². The number of allylic oxidation sites excluding steroid dienone is 5. The molecule has 148 valence electrons.